The summed E-state index contributed by atoms with van der Waals surface area (Å²) < 4.78 is 4.90. The van der Waals surface area contributed by atoms with Crippen molar-refractivity contribution in [2.75, 3.05) is 0 Å². The van der Waals surface area contributed by atoms with Crippen molar-refractivity contribution in [1.82, 2.24) is 0 Å². The fourth-order valence-corrected chi connectivity index (χ4v) is 1.72. The van der Waals surface area contributed by atoms with E-state index in [0.29, 0.717) is 5.56 Å². The lowest BCUT2D eigenvalue weighted by atomic mass is 10.0. The minimum atomic E-state index is -1.14. The molecule has 0 heterocycles. The van der Waals surface area contributed by atoms with Crippen molar-refractivity contribution in [3.05, 3.63) is 44.9 Å². The van der Waals surface area contributed by atoms with Gasteiger partial charge in [0, 0.05) is 11.6 Å². The van der Waals surface area contributed by atoms with Gasteiger partial charge in [0.05, 0.1) is 11.0 Å². The number of nitro benzene ring substituents is 1. The first-order chi connectivity index (χ1) is 9.45. The lowest BCUT2D eigenvalue weighted by Gasteiger charge is -2.11. The van der Waals surface area contributed by atoms with Gasteiger partial charge in [0.25, 0.3) is 5.69 Å². The van der Waals surface area contributed by atoms with Gasteiger partial charge in [0.2, 0.25) is 0 Å². The molecular weight excluding hydrogens is 264 g/mol. The first kappa shape index (κ1) is 15.7. The number of esters is 1. The molecule has 0 saturated carbocycles. The molecule has 1 unspecified atom stereocenters. The fraction of sp³-hybridized carbons (Fsp3) is 0.462. The normalized spacial score (nSPS) is 11.9. The number of nitro groups is 1. The van der Waals surface area contributed by atoms with E-state index in [2.05, 4.69) is 5.18 Å². The molecule has 0 aliphatic carbocycles. The summed E-state index contributed by atoms with van der Waals surface area (Å²) in [7, 11) is 0. The molecule has 0 saturated heterocycles. The van der Waals surface area contributed by atoms with Crippen molar-refractivity contribution in [3.8, 4) is 0 Å². The zero-order valence-electron chi connectivity index (χ0n) is 11.3. The first-order valence-corrected chi connectivity index (χ1v) is 6.21. The Morgan fingerprint density at radius 1 is 1.40 bits per heavy atom. The molecule has 1 aromatic carbocycles. The molecule has 1 atom stereocenters. The van der Waals surface area contributed by atoms with Gasteiger partial charge in [0.15, 0.2) is 6.04 Å². The highest BCUT2D eigenvalue weighted by Crippen LogP contribution is 2.20. The highest BCUT2D eigenvalue weighted by atomic mass is 16.6. The van der Waals surface area contributed by atoms with Crippen LogP contribution in [0.25, 0.3) is 0 Å². The Bertz CT molecular complexity index is 501. The Hall–Kier alpha value is -2.31. The van der Waals surface area contributed by atoms with Crippen molar-refractivity contribution in [1.29, 1.82) is 0 Å². The number of hydrogen-bond acceptors (Lipinski definition) is 6. The summed E-state index contributed by atoms with van der Waals surface area (Å²) in [6.45, 7) is 3.34. The van der Waals surface area contributed by atoms with Crippen LogP contribution < -0.4 is 0 Å². The molecule has 0 aliphatic heterocycles. The average Bonchev–Trinajstić information content (AvgIpc) is 2.38. The molecule has 0 amide bonds. The number of nitrogens with zero attached hydrogens (tertiary/aromatic N) is 2. The van der Waals surface area contributed by atoms with E-state index in [0.717, 1.165) is 0 Å². The number of benzene rings is 1. The van der Waals surface area contributed by atoms with Gasteiger partial charge in [-0.3, -0.25) is 10.1 Å². The second kappa shape index (κ2) is 7.32. The number of nitroso groups, excluding NO2 is 1. The van der Waals surface area contributed by atoms with Crippen LogP contribution in [0.15, 0.2) is 29.4 Å². The maximum atomic E-state index is 11.6. The fourth-order valence-electron chi connectivity index (χ4n) is 1.72. The van der Waals surface area contributed by atoms with Crippen molar-refractivity contribution >= 4 is 11.7 Å². The quantitative estimate of drug-likeness (QED) is 0.331. The zero-order valence-corrected chi connectivity index (χ0v) is 11.3. The number of ether oxygens (including phenoxy) is 1. The Morgan fingerprint density at radius 3 is 2.60 bits per heavy atom. The van der Waals surface area contributed by atoms with Gasteiger partial charge >= 0.3 is 5.97 Å². The third kappa shape index (κ3) is 4.42. The van der Waals surface area contributed by atoms with E-state index in [4.69, 9.17) is 4.74 Å². The second-order valence-corrected chi connectivity index (χ2v) is 4.53. The zero-order chi connectivity index (χ0) is 15.1. The molecule has 0 aromatic heterocycles. The van der Waals surface area contributed by atoms with Crippen molar-refractivity contribution in [3.63, 3.8) is 0 Å². The first-order valence-electron chi connectivity index (χ1n) is 6.21. The van der Waals surface area contributed by atoms with E-state index >= 15 is 0 Å². The van der Waals surface area contributed by atoms with Gasteiger partial charge in [-0.25, -0.2) is 4.79 Å². The Balaban J connectivity index is 2.72. The molecule has 0 fully saturated rings. The molecule has 0 bridgehead atoms. The topological polar surface area (TPSA) is 98.9 Å². The minimum absolute atomic E-state index is 0.0330. The van der Waals surface area contributed by atoms with E-state index in [-0.39, 0.29) is 24.6 Å². The van der Waals surface area contributed by atoms with E-state index < -0.39 is 16.9 Å². The van der Waals surface area contributed by atoms with Gasteiger partial charge in [0.1, 0.15) is 0 Å². The maximum Gasteiger partial charge on any atom is 0.334 e. The van der Waals surface area contributed by atoms with E-state index in [9.17, 15) is 19.8 Å². The van der Waals surface area contributed by atoms with Crippen LogP contribution in [0.2, 0.25) is 0 Å². The SMILES string of the molecule is CC(C)OC(=O)C(CCc1ccccc1[N+](=O)[O-])N=O. The molecule has 20 heavy (non-hydrogen) atoms. The van der Waals surface area contributed by atoms with E-state index in [1.165, 1.54) is 6.07 Å². The van der Waals surface area contributed by atoms with Crippen molar-refractivity contribution in [2.24, 2.45) is 5.18 Å². The smallest absolute Gasteiger partial charge is 0.334 e. The average molecular weight is 280 g/mol. The molecule has 0 aliphatic rings. The summed E-state index contributed by atoms with van der Waals surface area (Å²) in [6, 6.07) is 5.05. The Morgan fingerprint density at radius 2 is 2.05 bits per heavy atom. The molecule has 0 spiro atoms. The summed E-state index contributed by atoms with van der Waals surface area (Å²) in [5.74, 6) is -0.700. The van der Waals surface area contributed by atoms with Crippen LogP contribution in [0.1, 0.15) is 25.8 Å². The lowest BCUT2D eigenvalue weighted by molar-refractivity contribution is -0.385. The summed E-state index contributed by atoms with van der Waals surface area (Å²) >= 11 is 0. The molecule has 7 heteroatoms. The van der Waals surface area contributed by atoms with Gasteiger partial charge < -0.3 is 4.74 Å². The molecule has 108 valence electrons. The number of carbonyl (C=O) groups excluding carboxylic acids is 1. The predicted octanol–water partition coefficient (Wildman–Crippen LogP) is 2.61. The number of para-hydroxylation sites is 1. The molecule has 0 radical (unpaired) electrons. The highest BCUT2D eigenvalue weighted by Gasteiger charge is 2.23. The van der Waals surface area contributed by atoms with E-state index in [1.54, 1.807) is 32.0 Å². The Labute approximate surface area is 116 Å². The van der Waals surface area contributed by atoms with Crippen LogP contribution in [0, 0.1) is 15.0 Å². The highest BCUT2D eigenvalue weighted by molar-refractivity contribution is 5.76. The van der Waals surface area contributed by atoms with Crippen LogP contribution in [-0.2, 0) is 16.0 Å². The van der Waals surface area contributed by atoms with Crippen LogP contribution in [-0.4, -0.2) is 23.0 Å². The minimum Gasteiger partial charge on any atom is -0.461 e. The lowest BCUT2D eigenvalue weighted by Crippen LogP contribution is -2.24. The molecule has 1 rings (SSSR count). The predicted molar refractivity (Wildman–Crippen MR) is 72.2 cm³/mol. The number of aryl methyl sites for hydroxylation is 1. The molecule has 7 nitrogen and oxygen atoms in total. The van der Waals surface area contributed by atoms with Crippen molar-refractivity contribution < 1.29 is 14.5 Å². The van der Waals surface area contributed by atoms with Gasteiger partial charge in [-0.2, -0.15) is 0 Å². The standard InChI is InChI=1S/C13H16N2O5/c1-9(2)20-13(16)11(14-17)8-7-10-5-3-4-6-12(10)15(18)19/h3-6,9,11H,7-8H2,1-2H3. The number of rotatable bonds is 7. The Kier molecular flexibility index (Phi) is 5.76. The van der Waals surface area contributed by atoms with Gasteiger partial charge in [-0.15, -0.1) is 4.91 Å². The van der Waals surface area contributed by atoms with Crippen LogP contribution in [0.3, 0.4) is 0 Å². The molecule has 1 aromatic rings. The number of carbonyl (C=O) groups is 1. The van der Waals surface area contributed by atoms with Crippen LogP contribution >= 0.6 is 0 Å². The van der Waals surface area contributed by atoms with Gasteiger partial charge in [-0.05, 0) is 26.7 Å². The monoisotopic (exact) mass is 280 g/mol. The van der Waals surface area contributed by atoms with Crippen LogP contribution in [0.4, 0.5) is 5.69 Å². The summed E-state index contributed by atoms with van der Waals surface area (Å²) in [4.78, 5) is 32.6. The summed E-state index contributed by atoms with van der Waals surface area (Å²) in [5.41, 5.74) is 0.429. The summed E-state index contributed by atoms with van der Waals surface area (Å²) in [5, 5.41) is 13.6. The molecule has 0 N–H and O–H groups in total. The molecular formula is C13H16N2O5. The van der Waals surface area contributed by atoms with Crippen LogP contribution in [0.5, 0.6) is 0 Å². The largest absolute Gasteiger partial charge is 0.461 e. The van der Waals surface area contributed by atoms with Crippen molar-refractivity contribution in [2.45, 2.75) is 38.8 Å². The second-order valence-electron chi connectivity index (χ2n) is 4.53. The third-order valence-corrected chi connectivity index (χ3v) is 2.63. The van der Waals surface area contributed by atoms with E-state index in [1.807, 2.05) is 0 Å². The summed E-state index contributed by atoms with van der Waals surface area (Å²) in [6.07, 6.45) is -0.0430. The third-order valence-electron chi connectivity index (χ3n) is 2.63. The number of hydrogen-bond donors (Lipinski definition) is 0. The maximum absolute atomic E-state index is 11.6. The van der Waals surface area contributed by atoms with Gasteiger partial charge in [-0.1, -0.05) is 23.4 Å².